The lowest BCUT2D eigenvalue weighted by Gasteiger charge is -2.34. The molecule has 112 valence electrons. The summed E-state index contributed by atoms with van der Waals surface area (Å²) in [5.41, 5.74) is 0.181. The van der Waals surface area contributed by atoms with Crippen LogP contribution in [0, 0.1) is 5.92 Å². The van der Waals surface area contributed by atoms with Gasteiger partial charge in [-0.25, -0.2) is 9.97 Å². The molecule has 7 nitrogen and oxygen atoms in total. The molecule has 2 heterocycles. The maximum Gasteiger partial charge on any atom is 0.491 e. The molecule has 1 aromatic rings. The lowest BCUT2D eigenvalue weighted by Crippen LogP contribution is -2.49. The second-order valence-corrected chi connectivity index (χ2v) is 5.75. The topological polar surface area (TPSA) is 89.8 Å². The summed E-state index contributed by atoms with van der Waals surface area (Å²) >= 11 is 0. The Hall–Kier alpha value is -1.51. The van der Waals surface area contributed by atoms with E-state index in [9.17, 15) is 4.79 Å². The van der Waals surface area contributed by atoms with Crippen LogP contribution in [0.3, 0.4) is 0 Å². The zero-order valence-electron chi connectivity index (χ0n) is 11.9. The Morgan fingerprint density at radius 2 is 1.81 bits per heavy atom. The van der Waals surface area contributed by atoms with Crippen molar-refractivity contribution in [1.29, 1.82) is 0 Å². The molecule has 1 amide bonds. The highest BCUT2D eigenvalue weighted by molar-refractivity contribution is 6.58. The Balaban J connectivity index is 1.55. The molecule has 0 radical (unpaired) electrons. The summed E-state index contributed by atoms with van der Waals surface area (Å²) < 4.78 is 0. The van der Waals surface area contributed by atoms with Gasteiger partial charge in [0.25, 0.3) is 5.91 Å². The van der Waals surface area contributed by atoms with Crippen LogP contribution in [-0.4, -0.2) is 75.6 Å². The number of aromatic nitrogens is 2. The molecule has 21 heavy (non-hydrogen) atoms. The summed E-state index contributed by atoms with van der Waals surface area (Å²) in [6.45, 7) is 4.34. The highest BCUT2D eigenvalue weighted by Gasteiger charge is 2.28. The summed E-state index contributed by atoms with van der Waals surface area (Å²) in [7, 11) is -1.61. The molecule has 0 aromatic carbocycles. The van der Waals surface area contributed by atoms with Crippen LogP contribution in [0.1, 0.15) is 23.5 Å². The fourth-order valence-electron chi connectivity index (χ4n) is 2.52. The molecule has 2 N–H and O–H groups in total. The number of amides is 1. The van der Waals surface area contributed by atoms with Crippen molar-refractivity contribution in [2.24, 2.45) is 5.92 Å². The molecule has 1 aromatic heterocycles. The lowest BCUT2D eigenvalue weighted by atomic mass is 9.83. The molecule has 0 unspecified atom stereocenters. The number of carbonyl (C=O) groups is 1. The highest BCUT2D eigenvalue weighted by Crippen LogP contribution is 2.29. The van der Waals surface area contributed by atoms with Crippen LogP contribution in [0.2, 0.25) is 0 Å². The molecule has 1 saturated heterocycles. The summed E-state index contributed by atoms with van der Waals surface area (Å²) in [5.74, 6) is 0.781. The van der Waals surface area contributed by atoms with Crippen molar-refractivity contribution in [3.63, 3.8) is 0 Å². The van der Waals surface area contributed by atoms with Gasteiger partial charge in [-0.2, -0.15) is 0 Å². The van der Waals surface area contributed by atoms with E-state index in [1.807, 2.05) is 0 Å². The van der Waals surface area contributed by atoms with Crippen molar-refractivity contribution in [1.82, 2.24) is 19.8 Å². The smallest absolute Gasteiger partial charge is 0.423 e. The molecule has 1 aliphatic carbocycles. The van der Waals surface area contributed by atoms with Crippen LogP contribution >= 0.6 is 0 Å². The van der Waals surface area contributed by atoms with Gasteiger partial charge in [-0.15, -0.1) is 0 Å². The minimum absolute atomic E-state index is 0.107. The van der Waals surface area contributed by atoms with Gasteiger partial charge < -0.3 is 14.9 Å². The molecule has 0 spiro atoms. The van der Waals surface area contributed by atoms with Crippen molar-refractivity contribution in [2.75, 3.05) is 32.7 Å². The summed E-state index contributed by atoms with van der Waals surface area (Å²) in [4.78, 5) is 24.3. The zero-order chi connectivity index (χ0) is 14.8. The molecular weight excluding hydrogens is 271 g/mol. The number of hydrogen-bond acceptors (Lipinski definition) is 6. The van der Waals surface area contributed by atoms with E-state index in [0.717, 1.165) is 25.6 Å². The normalized spacial score (nSPS) is 19.6. The van der Waals surface area contributed by atoms with Gasteiger partial charge in [0.2, 0.25) is 5.82 Å². The van der Waals surface area contributed by atoms with Gasteiger partial charge in [-0.3, -0.25) is 9.69 Å². The maximum atomic E-state index is 12.3. The fraction of sp³-hybridized carbons (Fsp3) is 0.615. The van der Waals surface area contributed by atoms with Crippen LogP contribution in [0.15, 0.2) is 12.4 Å². The number of hydrogen-bond donors (Lipinski definition) is 2. The van der Waals surface area contributed by atoms with Gasteiger partial charge in [0, 0.05) is 50.6 Å². The second-order valence-electron chi connectivity index (χ2n) is 5.75. The maximum absolute atomic E-state index is 12.3. The average molecular weight is 290 g/mol. The van der Waals surface area contributed by atoms with E-state index in [2.05, 4.69) is 14.9 Å². The summed E-state index contributed by atoms with van der Waals surface area (Å²) in [5, 5.41) is 18.0. The summed E-state index contributed by atoms with van der Waals surface area (Å²) in [6, 6.07) is 0. The lowest BCUT2D eigenvalue weighted by molar-refractivity contribution is 0.0620. The Labute approximate surface area is 123 Å². The largest absolute Gasteiger partial charge is 0.491 e. The minimum atomic E-state index is -1.61. The molecule has 8 heteroatoms. The van der Waals surface area contributed by atoms with Gasteiger partial charge in [0.15, 0.2) is 0 Å². The predicted octanol–water partition coefficient (Wildman–Crippen LogP) is -1.68. The van der Waals surface area contributed by atoms with Gasteiger partial charge in [0.1, 0.15) is 0 Å². The second kappa shape index (κ2) is 6.09. The SMILES string of the molecule is O=C(c1ncc(B(O)O)cn1)N1CCN(CC2CC2)CC1. The first kappa shape index (κ1) is 14.4. The van der Waals surface area contributed by atoms with E-state index < -0.39 is 7.12 Å². The summed E-state index contributed by atoms with van der Waals surface area (Å²) in [6.07, 6.45) is 5.23. The third-order valence-electron chi connectivity index (χ3n) is 4.03. The van der Waals surface area contributed by atoms with Gasteiger partial charge in [0.05, 0.1) is 0 Å². The van der Waals surface area contributed by atoms with E-state index in [-0.39, 0.29) is 17.2 Å². The van der Waals surface area contributed by atoms with Crippen LogP contribution in [0.5, 0.6) is 0 Å². The zero-order valence-corrected chi connectivity index (χ0v) is 11.9. The van der Waals surface area contributed by atoms with Crippen molar-refractivity contribution in [3.05, 3.63) is 18.2 Å². The first-order chi connectivity index (χ1) is 10.1. The van der Waals surface area contributed by atoms with Crippen LogP contribution in [0.4, 0.5) is 0 Å². The molecule has 3 rings (SSSR count). The number of rotatable bonds is 4. The Morgan fingerprint density at radius 1 is 1.19 bits per heavy atom. The number of piperazine rings is 1. The predicted molar refractivity (Wildman–Crippen MR) is 76.9 cm³/mol. The minimum Gasteiger partial charge on any atom is -0.423 e. The average Bonchev–Trinajstić information content (AvgIpc) is 3.31. The standard InChI is InChI=1S/C13H19BN4O3/c19-13(12-15-7-11(8-16-12)14(20)21)18-5-3-17(4-6-18)9-10-1-2-10/h7-8,10,20-21H,1-6,9H2. The fourth-order valence-corrected chi connectivity index (χ4v) is 2.52. The molecule has 0 bridgehead atoms. The third kappa shape index (κ3) is 3.58. The third-order valence-corrected chi connectivity index (χ3v) is 4.03. The molecule has 1 saturated carbocycles. The van der Waals surface area contributed by atoms with Gasteiger partial charge >= 0.3 is 7.12 Å². The Kier molecular flexibility index (Phi) is 4.18. The van der Waals surface area contributed by atoms with Crippen molar-refractivity contribution in [3.8, 4) is 0 Å². The van der Waals surface area contributed by atoms with Crippen molar-refractivity contribution in [2.45, 2.75) is 12.8 Å². The molecule has 2 fully saturated rings. The van der Waals surface area contributed by atoms with E-state index in [0.29, 0.717) is 13.1 Å². The van der Waals surface area contributed by atoms with Crippen molar-refractivity contribution < 1.29 is 14.8 Å². The van der Waals surface area contributed by atoms with E-state index in [1.165, 1.54) is 25.2 Å². The van der Waals surface area contributed by atoms with E-state index in [1.54, 1.807) is 4.90 Å². The number of carbonyl (C=O) groups excluding carboxylic acids is 1. The van der Waals surface area contributed by atoms with E-state index in [4.69, 9.17) is 10.0 Å². The van der Waals surface area contributed by atoms with Crippen LogP contribution < -0.4 is 5.46 Å². The Bertz CT molecular complexity index is 499. The van der Waals surface area contributed by atoms with Crippen LogP contribution in [0.25, 0.3) is 0 Å². The first-order valence-electron chi connectivity index (χ1n) is 7.33. The monoisotopic (exact) mass is 290 g/mol. The highest BCUT2D eigenvalue weighted by atomic mass is 16.4. The van der Waals surface area contributed by atoms with Gasteiger partial charge in [-0.1, -0.05) is 0 Å². The van der Waals surface area contributed by atoms with Crippen LogP contribution in [-0.2, 0) is 0 Å². The Morgan fingerprint density at radius 3 is 2.33 bits per heavy atom. The number of nitrogens with zero attached hydrogens (tertiary/aromatic N) is 4. The molecule has 2 aliphatic rings. The molecule has 0 atom stereocenters. The van der Waals surface area contributed by atoms with Gasteiger partial charge in [-0.05, 0) is 18.8 Å². The molecular formula is C13H19BN4O3. The van der Waals surface area contributed by atoms with Crippen molar-refractivity contribution >= 4 is 18.5 Å². The molecule has 1 aliphatic heterocycles. The van der Waals surface area contributed by atoms with E-state index >= 15 is 0 Å². The quantitative estimate of drug-likeness (QED) is 0.644. The first-order valence-corrected chi connectivity index (χ1v) is 7.33.